The average Bonchev–Trinajstić information content (AvgIpc) is 1.88. The molecule has 10 heavy (non-hydrogen) atoms. The molecule has 0 heterocycles. The van der Waals surface area contributed by atoms with Crippen molar-refractivity contribution >= 4 is 21.3 Å². The minimum absolute atomic E-state index is 0.550. The fraction of sp³-hybridized carbons (Fsp3) is 0. The highest BCUT2D eigenvalue weighted by Crippen LogP contribution is 1.92. The predicted octanol–water partition coefficient (Wildman–Crippen LogP) is -0.900. The Hall–Kier alpha value is -1.09. The second kappa shape index (κ2) is 2.66. The molecule has 1 aromatic carbocycles. The molecule has 1 amide bonds. The molecule has 0 saturated heterocycles. The first-order valence-corrected chi connectivity index (χ1v) is 4.03. The molecular formula is C7H8NOSi. The number of carbonyl (C=O) groups excluding carboxylic acids is 1. The Labute approximate surface area is 62.5 Å². The lowest BCUT2D eigenvalue weighted by atomic mass is 10.2. The van der Waals surface area contributed by atoms with Crippen LogP contribution in [0, 0.1) is 0 Å². The molecule has 0 saturated carbocycles. The summed E-state index contributed by atoms with van der Waals surface area (Å²) in [4.78, 5) is 10.6. The van der Waals surface area contributed by atoms with E-state index < -0.39 is 5.91 Å². The Kier molecular flexibility index (Phi) is 1.87. The summed E-state index contributed by atoms with van der Waals surface area (Å²) in [6.45, 7) is 0. The van der Waals surface area contributed by atoms with Gasteiger partial charge in [-0.25, -0.2) is 0 Å². The molecule has 0 aliphatic heterocycles. The lowest BCUT2D eigenvalue weighted by Gasteiger charge is -1.96. The molecular weight excluding hydrogens is 142 g/mol. The van der Waals surface area contributed by atoms with Gasteiger partial charge in [-0.1, -0.05) is 23.4 Å². The van der Waals surface area contributed by atoms with E-state index in [1.165, 1.54) is 0 Å². The molecule has 0 aliphatic carbocycles. The topological polar surface area (TPSA) is 40.9 Å². The van der Waals surface area contributed by atoms with Gasteiger partial charge in [-0.05, 0) is 6.07 Å². The molecule has 0 aliphatic rings. The highest BCUT2D eigenvalue weighted by Gasteiger charge is 2.01. The molecule has 0 bridgehead atoms. The third-order valence-corrected chi connectivity index (χ3v) is 2.26. The summed E-state index contributed by atoms with van der Waals surface area (Å²) in [5.74, 6) is -0.578. The molecule has 51 valence electrons. The number of amides is 1. The maximum atomic E-state index is 10.6. The maximum Gasteiger partial charge on any atom is 0.269 e. The van der Waals surface area contributed by atoms with Gasteiger partial charge in [0, 0.05) is 15.8 Å². The van der Waals surface area contributed by atoms with Crippen LogP contribution in [0.3, 0.4) is 0 Å². The van der Waals surface area contributed by atoms with Crippen molar-refractivity contribution in [2.24, 2.45) is 0 Å². The van der Waals surface area contributed by atoms with Crippen molar-refractivity contribution in [3.05, 3.63) is 29.8 Å². The van der Waals surface area contributed by atoms with Crippen molar-refractivity contribution < 1.29 is 4.79 Å². The Morgan fingerprint density at radius 2 is 2.00 bits per heavy atom. The largest absolute Gasteiger partial charge is 0.269 e. The molecule has 1 rings (SSSR count). The number of benzene rings is 1. The van der Waals surface area contributed by atoms with Crippen LogP contribution in [0.4, 0.5) is 0 Å². The lowest BCUT2D eigenvalue weighted by Crippen LogP contribution is -2.15. The third-order valence-electron chi connectivity index (χ3n) is 1.39. The van der Waals surface area contributed by atoms with Gasteiger partial charge >= 0.3 is 0 Å². The fourth-order valence-corrected chi connectivity index (χ4v) is 1.41. The van der Waals surface area contributed by atoms with Gasteiger partial charge in [0.1, 0.15) is 0 Å². The molecule has 0 unspecified atom stereocenters. The van der Waals surface area contributed by atoms with Gasteiger partial charge in [-0.15, -0.1) is 0 Å². The summed E-state index contributed by atoms with van der Waals surface area (Å²) in [7, 11) is 0.832. The van der Waals surface area contributed by atoms with Gasteiger partial charge in [-0.3, -0.25) is 10.5 Å². The number of hydrogen-bond donors (Lipinski definition) is 0. The second-order valence-electron chi connectivity index (χ2n) is 2.14. The van der Waals surface area contributed by atoms with E-state index in [1.54, 1.807) is 12.1 Å². The van der Waals surface area contributed by atoms with Crippen molar-refractivity contribution in [3.63, 3.8) is 0 Å². The van der Waals surface area contributed by atoms with Crippen LogP contribution in [-0.2, 0) is 0 Å². The SMILES string of the molecule is [NH]C(=O)c1ccccc1[SiH3]. The van der Waals surface area contributed by atoms with E-state index in [2.05, 4.69) is 0 Å². The number of carbonyl (C=O) groups is 1. The van der Waals surface area contributed by atoms with Crippen molar-refractivity contribution in [2.45, 2.75) is 0 Å². The quantitative estimate of drug-likeness (QED) is 0.478. The zero-order valence-corrected chi connectivity index (χ0v) is 7.72. The molecule has 0 aromatic heterocycles. The second-order valence-corrected chi connectivity index (χ2v) is 3.22. The first-order chi connectivity index (χ1) is 4.72. The van der Waals surface area contributed by atoms with Gasteiger partial charge in [0.05, 0.1) is 0 Å². The minimum atomic E-state index is -0.578. The van der Waals surface area contributed by atoms with E-state index in [9.17, 15) is 4.79 Å². The van der Waals surface area contributed by atoms with E-state index in [0.29, 0.717) is 5.56 Å². The van der Waals surface area contributed by atoms with Crippen molar-refractivity contribution in [1.82, 2.24) is 5.73 Å². The summed E-state index contributed by atoms with van der Waals surface area (Å²) in [6, 6.07) is 7.24. The molecule has 2 nitrogen and oxygen atoms in total. The molecule has 0 fully saturated rings. The molecule has 1 aromatic rings. The lowest BCUT2D eigenvalue weighted by molar-refractivity contribution is 0.0993. The molecule has 1 radical (unpaired) electrons. The van der Waals surface area contributed by atoms with Crippen LogP contribution in [0.2, 0.25) is 0 Å². The Balaban J connectivity index is 3.15. The summed E-state index contributed by atoms with van der Waals surface area (Å²) in [5.41, 5.74) is 7.39. The van der Waals surface area contributed by atoms with Gasteiger partial charge in [-0.2, -0.15) is 0 Å². The van der Waals surface area contributed by atoms with Crippen LogP contribution < -0.4 is 10.9 Å². The van der Waals surface area contributed by atoms with E-state index in [1.807, 2.05) is 12.1 Å². The van der Waals surface area contributed by atoms with Crippen LogP contribution in [0.15, 0.2) is 24.3 Å². The van der Waals surface area contributed by atoms with Gasteiger partial charge < -0.3 is 0 Å². The molecule has 1 N–H and O–H groups in total. The highest BCUT2D eigenvalue weighted by atomic mass is 28.1. The number of rotatable bonds is 1. The van der Waals surface area contributed by atoms with Crippen LogP contribution in [0.5, 0.6) is 0 Å². The first kappa shape index (κ1) is 7.02. The smallest absolute Gasteiger partial charge is 0.267 e. The number of hydrogen-bond acceptors (Lipinski definition) is 1. The Morgan fingerprint density at radius 1 is 1.40 bits per heavy atom. The highest BCUT2D eigenvalue weighted by molar-refractivity contribution is 6.36. The Morgan fingerprint density at radius 3 is 2.40 bits per heavy atom. The van der Waals surface area contributed by atoms with Crippen LogP contribution >= 0.6 is 0 Å². The number of nitrogens with one attached hydrogen (secondary N) is 1. The van der Waals surface area contributed by atoms with Gasteiger partial charge in [0.25, 0.3) is 5.91 Å². The van der Waals surface area contributed by atoms with E-state index in [4.69, 9.17) is 5.73 Å². The van der Waals surface area contributed by atoms with Crippen LogP contribution in [0.25, 0.3) is 0 Å². The first-order valence-electron chi connectivity index (χ1n) is 3.03. The van der Waals surface area contributed by atoms with Gasteiger partial charge in [0.15, 0.2) is 0 Å². The zero-order valence-electron chi connectivity index (χ0n) is 5.72. The Bertz CT molecular complexity index is 260. The van der Waals surface area contributed by atoms with E-state index in [-0.39, 0.29) is 0 Å². The third kappa shape index (κ3) is 1.25. The van der Waals surface area contributed by atoms with Crippen LogP contribution in [0.1, 0.15) is 10.4 Å². The van der Waals surface area contributed by atoms with Crippen LogP contribution in [-0.4, -0.2) is 16.1 Å². The summed E-state index contributed by atoms with van der Waals surface area (Å²) >= 11 is 0. The fourth-order valence-electron chi connectivity index (χ4n) is 0.828. The molecule has 0 spiro atoms. The van der Waals surface area contributed by atoms with Crippen molar-refractivity contribution in [3.8, 4) is 0 Å². The molecule has 3 heteroatoms. The minimum Gasteiger partial charge on any atom is -0.267 e. The summed E-state index contributed by atoms with van der Waals surface area (Å²) in [6.07, 6.45) is 0. The van der Waals surface area contributed by atoms with E-state index in [0.717, 1.165) is 15.4 Å². The van der Waals surface area contributed by atoms with E-state index >= 15 is 0 Å². The van der Waals surface area contributed by atoms with Crippen molar-refractivity contribution in [1.29, 1.82) is 0 Å². The summed E-state index contributed by atoms with van der Waals surface area (Å²) < 4.78 is 0. The average molecular weight is 150 g/mol. The predicted molar refractivity (Wildman–Crippen MR) is 43.4 cm³/mol. The summed E-state index contributed by atoms with van der Waals surface area (Å²) in [5, 5.41) is 1.00. The van der Waals surface area contributed by atoms with Gasteiger partial charge in [0.2, 0.25) is 0 Å². The maximum absolute atomic E-state index is 10.6. The van der Waals surface area contributed by atoms with Crippen molar-refractivity contribution in [2.75, 3.05) is 0 Å². The normalized spacial score (nSPS) is 9.60. The monoisotopic (exact) mass is 150 g/mol. The zero-order chi connectivity index (χ0) is 7.56. The standard InChI is InChI=1S/C7H8NOSi/c8-7(9)5-3-1-2-4-6(5)10/h1-4,8H,10H3. The molecule has 0 atom stereocenters.